The second kappa shape index (κ2) is 8.53. The molecule has 0 spiro atoms. The predicted molar refractivity (Wildman–Crippen MR) is 98.0 cm³/mol. The van der Waals surface area contributed by atoms with Crippen molar-refractivity contribution in [3.8, 4) is 11.5 Å². The SMILES string of the molecule is COc1ccc(COc2cnc(Cl)nc2N(C)C(CO)C2COC2)cc1. The Morgan fingerprint density at radius 2 is 2.08 bits per heavy atom. The molecule has 0 amide bonds. The zero-order valence-electron chi connectivity index (χ0n) is 14.8. The summed E-state index contributed by atoms with van der Waals surface area (Å²) in [5.74, 6) is 2.08. The highest BCUT2D eigenvalue weighted by atomic mass is 35.5. The fraction of sp³-hybridized carbons (Fsp3) is 0.444. The van der Waals surface area contributed by atoms with Crippen molar-refractivity contribution in [1.29, 1.82) is 0 Å². The van der Waals surface area contributed by atoms with Crippen molar-refractivity contribution in [2.45, 2.75) is 12.6 Å². The van der Waals surface area contributed by atoms with Gasteiger partial charge in [-0.1, -0.05) is 12.1 Å². The third-order valence-corrected chi connectivity index (χ3v) is 4.67. The average molecular weight is 380 g/mol. The van der Waals surface area contributed by atoms with Crippen molar-refractivity contribution in [1.82, 2.24) is 9.97 Å². The molecule has 2 heterocycles. The fourth-order valence-electron chi connectivity index (χ4n) is 2.80. The van der Waals surface area contributed by atoms with Crippen LogP contribution in [-0.2, 0) is 11.3 Å². The number of aliphatic hydroxyl groups excluding tert-OH is 1. The van der Waals surface area contributed by atoms with Gasteiger partial charge in [0.25, 0.3) is 0 Å². The number of hydrogen-bond donors (Lipinski definition) is 1. The van der Waals surface area contributed by atoms with E-state index in [0.29, 0.717) is 31.4 Å². The van der Waals surface area contributed by atoms with Crippen molar-refractivity contribution in [2.75, 3.05) is 38.9 Å². The Kier molecular flexibility index (Phi) is 6.13. The summed E-state index contributed by atoms with van der Waals surface area (Å²) in [5, 5.41) is 9.91. The third kappa shape index (κ3) is 4.17. The summed E-state index contributed by atoms with van der Waals surface area (Å²) in [6.07, 6.45) is 1.55. The maximum Gasteiger partial charge on any atom is 0.224 e. The van der Waals surface area contributed by atoms with E-state index in [-0.39, 0.29) is 23.9 Å². The number of halogens is 1. The molecule has 1 N–H and O–H groups in total. The molecule has 0 bridgehead atoms. The van der Waals surface area contributed by atoms with Gasteiger partial charge in [-0.3, -0.25) is 0 Å². The molecule has 0 radical (unpaired) electrons. The van der Waals surface area contributed by atoms with E-state index in [2.05, 4.69) is 9.97 Å². The van der Waals surface area contributed by atoms with Crippen LogP contribution in [0.5, 0.6) is 11.5 Å². The van der Waals surface area contributed by atoms with Crippen LogP contribution in [0.4, 0.5) is 5.82 Å². The predicted octanol–water partition coefficient (Wildman–Crippen LogP) is 2.16. The van der Waals surface area contributed by atoms with E-state index in [1.165, 1.54) is 0 Å². The van der Waals surface area contributed by atoms with Gasteiger partial charge in [-0.2, -0.15) is 4.98 Å². The topological polar surface area (TPSA) is 76.9 Å². The Bertz CT molecular complexity index is 725. The summed E-state index contributed by atoms with van der Waals surface area (Å²) < 4.78 is 16.3. The molecule has 140 valence electrons. The standard InChI is InChI=1S/C18H22ClN3O4/c1-22(15(8-23)13-10-25-11-13)17-16(7-20-18(19)21-17)26-9-12-3-5-14(24-2)6-4-12/h3-7,13,15,23H,8-11H2,1-2H3. The zero-order chi connectivity index (χ0) is 18.5. The molecular weight excluding hydrogens is 358 g/mol. The van der Waals surface area contributed by atoms with Gasteiger partial charge in [0.1, 0.15) is 12.4 Å². The van der Waals surface area contributed by atoms with E-state index in [9.17, 15) is 5.11 Å². The minimum absolute atomic E-state index is 0.00985. The highest BCUT2D eigenvalue weighted by Crippen LogP contribution is 2.31. The second-order valence-electron chi connectivity index (χ2n) is 6.12. The summed E-state index contributed by atoms with van der Waals surface area (Å²) in [5.41, 5.74) is 0.987. The van der Waals surface area contributed by atoms with Crippen LogP contribution in [0.3, 0.4) is 0 Å². The van der Waals surface area contributed by atoms with Gasteiger partial charge in [0, 0.05) is 13.0 Å². The zero-order valence-corrected chi connectivity index (χ0v) is 15.5. The van der Waals surface area contributed by atoms with Gasteiger partial charge in [-0.05, 0) is 29.3 Å². The van der Waals surface area contributed by atoms with E-state index in [0.717, 1.165) is 11.3 Å². The van der Waals surface area contributed by atoms with Crippen LogP contribution in [-0.4, -0.2) is 55.1 Å². The Morgan fingerprint density at radius 1 is 1.35 bits per heavy atom. The minimum atomic E-state index is -0.127. The fourth-order valence-corrected chi connectivity index (χ4v) is 2.93. The van der Waals surface area contributed by atoms with Crippen LogP contribution in [0.25, 0.3) is 0 Å². The van der Waals surface area contributed by atoms with Gasteiger partial charge < -0.3 is 24.2 Å². The lowest BCUT2D eigenvalue weighted by atomic mass is 9.97. The Hall–Kier alpha value is -2.09. The first-order chi connectivity index (χ1) is 12.6. The molecule has 3 rings (SSSR count). The van der Waals surface area contributed by atoms with Crippen LogP contribution in [0.15, 0.2) is 30.5 Å². The molecule has 1 atom stereocenters. The molecule has 1 aromatic carbocycles. The highest BCUT2D eigenvalue weighted by molar-refractivity contribution is 6.28. The van der Waals surface area contributed by atoms with Crippen molar-refractivity contribution < 1.29 is 19.3 Å². The number of methoxy groups -OCH3 is 1. The maximum absolute atomic E-state index is 9.78. The number of benzene rings is 1. The third-order valence-electron chi connectivity index (χ3n) is 4.49. The van der Waals surface area contributed by atoms with Crippen LogP contribution >= 0.6 is 11.6 Å². The van der Waals surface area contributed by atoms with E-state index < -0.39 is 0 Å². The quantitative estimate of drug-likeness (QED) is 0.704. The number of anilines is 1. The summed E-state index contributed by atoms with van der Waals surface area (Å²) in [6, 6.07) is 7.49. The Balaban J connectivity index is 1.76. The Labute approximate surface area is 157 Å². The summed E-state index contributed by atoms with van der Waals surface area (Å²) in [4.78, 5) is 10.2. The lowest BCUT2D eigenvalue weighted by molar-refractivity contribution is -0.0517. The molecule has 1 aromatic heterocycles. The molecule has 8 heteroatoms. The van der Waals surface area contributed by atoms with Gasteiger partial charge in [0.15, 0.2) is 11.6 Å². The molecule has 26 heavy (non-hydrogen) atoms. The molecule has 0 saturated carbocycles. The molecule has 1 aliphatic rings. The monoisotopic (exact) mass is 379 g/mol. The molecule has 7 nitrogen and oxygen atoms in total. The van der Waals surface area contributed by atoms with Crippen LogP contribution in [0.1, 0.15) is 5.56 Å². The lowest BCUT2D eigenvalue weighted by Crippen LogP contribution is -2.49. The first-order valence-electron chi connectivity index (χ1n) is 8.32. The number of ether oxygens (including phenoxy) is 3. The van der Waals surface area contributed by atoms with Crippen molar-refractivity contribution in [3.05, 3.63) is 41.3 Å². The second-order valence-corrected chi connectivity index (χ2v) is 6.46. The smallest absolute Gasteiger partial charge is 0.224 e. The summed E-state index contributed by atoms with van der Waals surface area (Å²) >= 11 is 5.98. The normalized spacial score (nSPS) is 15.2. The van der Waals surface area contributed by atoms with Crippen molar-refractivity contribution in [3.63, 3.8) is 0 Å². The highest BCUT2D eigenvalue weighted by Gasteiger charge is 2.32. The lowest BCUT2D eigenvalue weighted by Gasteiger charge is -2.38. The molecule has 2 aromatic rings. The minimum Gasteiger partial charge on any atom is -0.497 e. The molecular formula is C18H22ClN3O4. The summed E-state index contributed by atoms with van der Waals surface area (Å²) in [6.45, 7) is 1.59. The number of likely N-dealkylation sites (N-methyl/N-ethyl adjacent to an activating group) is 1. The number of hydrogen-bond acceptors (Lipinski definition) is 7. The molecule has 1 fully saturated rings. The van der Waals surface area contributed by atoms with Gasteiger partial charge in [0.05, 0.1) is 39.2 Å². The Morgan fingerprint density at radius 3 is 2.65 bits per heavy atom. The van der Waals surface area contributed by atoms with Crippen LogP contribution in [0, 0.1) is 5.92 Å². The number of aliphatic hydroxyl groups is 1. The molecule has 1 saturated heterocycles. The van der Waals surface area contributed by atoms with Crippen molar-refractivity contribution in [2.24, 2.45) is 5.92 Å². The van der Waals surface area contributed by atoms with E-state index in [1.807, 2.05) is 36.2 Å². The molecule has 1 aliphatic heterocycles. The van der Waals surface area contributed by atoms with E-state index in [1.54, 1.807) is 13.3 Å². The maximum atomic E-state index is 9.78. The first-order valence-corrected chi connectivity index (χ1v) is 8.70. The number of rotatable bonds is 8. The van der Waals surface area contributed by atoms with Crippen LogP contribution in [0.2, 0.25) is 5.28 Å². The van der Waals surface area contributed by atoms with E-state index in [4.69, 9.17) is 25.8 Å². The number of nitrogens with zero attached hydrogens (tertiary/aromatic N) is 3. The van der Waals surface area contributed by atoms with Gasteiger partial charge in [-0.25, -0.2) is 4.98 Å². The van der Waals surface area contributed by atoms with Gasteiger partial charge in [-0.15, -0.1) is 0 Å². The molecule has 0 aliphatic carbocycles. The first kappa shape index (κ1) is 18.7. The largest absolute Gasteiger partial charge is 0.497 e. The molecule has 1 unspecified atom stereocenters. The average Bonchev–Trinajstić information content (AvgIpc) is 2.63. The summed E-state index contributed by atoms with van der Waals surface area (Å²) in [7, 11) is 3.49. The van der Waals surface area contributed by atoms with E-state index >= 15 is 0 Å². The number of aromatic nitrogens is 2. The van der Waals surface area contributed by atoms with Gasteiger partial charge >= 0.3 is 0 Å². The van der Waals surface area contributed by atoms with Crippen molar-refractivity contribution >= 4 is 17.4 Å². The van der Waals surface area contributed by atoms with Crippen LogP contribution < -0.4 is 14.4 Å². The van der Waals surface area contributed by atoms with Gasteiger partial charge in [0.2, 0.25) is 5.28 Å².